The number of piperazine rings is 1. The van der Waals surface area contributed by atoms with E-state index in [-0.39, 0.29) is 24.9 Å². The molecule has 1 atom stereocenters. The Morgan fingerprint density at radius 3 is 3.05 bits per heavy atom. The number of para-hydroxylation sites is 1. The van der Waals surface area contributed by atoms with E-state index >= 15 is 0 Å². The summed E-state index contributed by atoms with van der Waals surface area (Å²) in [7, 11) is 0. The molecule has 7 heteroatoms. The lowest BCUT2D eigenvalue weighted by Gasteiger charge is -2.23. The van der Waals surface area contributed by atoms with Crippen molar-refractivity contribution in [1.29, 1.82) is 0 Å². The van der Waals surface area contributed by atoms with Crippen LogP contribution in [0.1, 0.15) is 0 Å². The highest BCUT2D eigenvalue weighted by Crippen LogP contribution is 2.24. The summed E-state index contributed by atoms with van der Waals surface area (Å²) in [5, 5.41) is 9.35. The highest BCUT2D eigenvalue weighted by Gasteiger charge is 2.24. The van der Waals surface area contributed by atoms with Gasteiger partial charge in [-0.05, 0) is 28.1 Å². The van der Waals surface area contributed by atoms with Crippen molar-refractivity contribution in [2.45, 2.75) is 6.04 Å². The van der Waals surface area contributed by atoms with Crippen molar-refractivity contribution in [3.63, 3.8) is 0 Å². The Bertz CT molecular complexity index is 709. The lowest BCUT2D eigenvalue weighted by Crippen LogP contribution is -2.56. The van der Waals surface area contributed by atoms with Crippen molar-refractivity contribution in [2.75, 3.05) is 18.4 Å². The molecule has 3 N–H and O–H groups in total. The van der Waals surface area contributed by atoms with Crippen LogP contribution in [0.3, 0.4) is 0 Å². The van der Waals surface area contributed by atoms with Gasteiger partial charge in [-0.1, -0.05) is 12.1 Å². The van der Waals surface area contributed by atoms with Crippen LogP contribution >= 0.6 is 15.9 Å². The highest BCUT2D eigenvalue weighted by molar-refractivity contribution is 9.10. The van der Waals surface area contributed by atoms with Crippen LogP contribution in [-0.4, -0.2) is 35.9 Å². The fourth-order valence-electron chi connectivity index (χ4n) is 2.21. The molecule has 108 valence electrons. The van der Waals surface area contributed by atoms with Gasteiger partial charge in [-0.3, -0.25) is 19.9 Å². The van der Waals surface area contributed by atoms with E-state index in [0.717, 1.165) is 15.4 Å². The van der Waals surface area contributed by atoms with Crippen LogP contribution in [0.25, 0.3) is 10.9 Å². The summed E-state index contributed by atoms with van der Waals surface area (Å²) in [6.07, 6.45) is 1.69. The molecule has 2 aromatic rings. The number of hydrogen-bond acceptors (Lipinski definition) is 4. The second kappa shape index (κ2) is 5.79. The SMILES string of the molecule is O=C1CNC(C(=O)Nc2cccc3cc(Br)cnc23)CN1. The normalized spacial score (nSPS) is 18.3. The minimum absolute atomic E-state index is 0.101. The number of hydrogen-bond donors (Lipinski definition) is 3. The molecule has 0 bridgehead atoms. The number of nitrogens with zero attached hydrogens (tertiary/aromatic N) is 1. The third-order valence-electron chi connectivity index (χ3n) is 3.26. The number of carbonyl (C=O) groups excluding carboxylic acids is 2. The molecule has 0 spiro atoms. The summed E-state index contributed by atoms with van der Waals surface area (Å²) in [6, 6.07) is 7.11. The first-order chi connectivity index (χ1) is 10.1. The van der Waals surface area contributed by atoms with Gasteiger partial charge in [0.1, 0.15) is 6.04 Å². The first kappa shape index (κ1) is 14.0. The molecule has 2 amide bonds. The van der Waals surface area contributed by atoms with Gasteiger partial charge < -0.3 is 10.6 Å². The molecule has 6 nitrogen and oxygen atoms in total. The van der Waals surface area contributed by atoms with E-state index in [1.54, 1.807) is 6.20 Å². The number of carbonyl (C=O) groups is 2. The maximum Gasteiger partial charge on any atom is 0.243 e. The molecule has 1 aliphatic heterocycles. The van der Waals surface area contributed by atoms with E-state index in [1.807, 2.05) is 24.3 Å². The summed E-state index contributed by atoms with van der Waals surface area (Å²) >= 11 is 3.38. The van der Waals surface area contributed by atoms with Gasteiger partial charge in [0.25, 0.3) is 0 Å². The van der Waals surface area contributed by atoms with Crippen molar-refractivity contribution in [3.05, 3.63) is 34.9 Å². The van der Waals surface area contributed by atoms with Crippen molar-refractivity contribution in [1.82, 2.24) is 15.6 Å². The standard InChI is InChI=1S/C14H13BrN4O2/c15-9-4-8-2-1-3-10(13(8)18-5-9)19-14(21)11-6-17-12(20)7-16-11/h1-5,11,16H,6-7H2,(H,17,20)(H,19,21). The van der Waals surface area contributed by atoms with E-state index < -0.39 is 6.04 Å². The highest BCUT2D eigenvalue weighted by atomic mass is 79.9. The first-order valence-electron chi connectivity index (χ1n) is 6.49. The summed E-state index contributed by atoms with van der Waals surface area (Å²) in [5.41, 5.74) is 1.39. The van der Waals surface area contributed by atoms with Crippen LogP contribution < -0.4 is 16.0 Å². The number of fused-ring (bicyclic) bond motifs is 1. The molecule has 0 radical (unpaired) electrons. The molecule has 1 unspecified atom stereocenters. The average molecular weight is 349 g/mol. The van der Waals surface area contributed by atoms with Crippen LogP contribution in [0.4, 0.5) is 5.69 Å². The fourth-order valence-corrected chi connectivity index (χ4v) is 2.56. The molecule has 0 aliphatic carbocycles. The predicted octanol–water partition coefficient (Wildman–Crippen LogP) is 1.02. The van der Waals surface area contributed by atoms with Gasteiger partial charge in [-0.2, -0.15) is 0 Å². The van der Waals surface area contributed by atoms with Crippen molar-refractivity contribution in [2.24, 2.45) is 0 Å². The Labute approximate surface area is 129 Å². The number of halogens is 1. The molecule has 1 saturated heterocycles. The molecule has 1 fully saturated rings. The van der Waals surface area contributed by atoms with Gasteiger partial charge in [0, 0.05) is 22.6 Å². The van der Waals surface area contributed by atoms with E-state index in [2.05, 4.69) is 36.9 Å². The third kappa shape index (κ3) is 3.03. The Morgan fingerprint density at radius 2 is 2.29 bits per heavy atom. The molecule has 21 heavy (non-hydrogen) atoms. The third-order valence-corrected chi connectivity index (χ3v) is 3.70. The van der Waals surface area contributed by atoms with Gasteiger partial charge in [0.2, 0.25) is 11.8 Å². The maximum atomic E-state index is 12.2. The van der Waals surface area contributed by atoms with Crippen LogP contribution in [0.15, 0.2) is 34.9 Å². The Balaban J connectivity index is 1.81. The lowest BCUT2D eigenvalue weighted by molar-refractivity contribution is -0.124. The summed E-state index contributed by atoms with van der Waals surface area (Å²) in [5.74, 6) is -0.289. The van der Waals surface area contributed by atoms with E-state index in [1.165, 1.54) is 0 Å². The van der Waals surface area contributed by atoms with Crippen molar-refractivity contribution < 1.29 is 9.59 Å². The molecule has 1 aliphatic rings. The molecule has 2 heterocycles. The monoisotopic (exact) mass is 348 g/mol. The van der Waals surface area contributed by atoms with E-state index in [4.69, 9.17) is 0 Å². The zero-order valence-corrected chi connectivity index (χ0v) is 12.6. The van der Waals surface area contributed by atoms with Crippen molar-refractivity contribution >= 4 is 44.3 Å². The molecular formula is C14H13BrN4O2. The molecular weight excluding hydrogens is 336 g/mol. The minimum atomic E-state index is -0.437. The van der Waals surface area contributed by atoms with Gasteiger partial charge >= 0.3 is 0 Å². The number of pyridine rings is 1. The van der Waals surface area contributed by atoms with Crippen LogP contribution in [0, 0.1) is 0 Å². The Hall–Kier alpha value is -1.99. The molecule has 3 rings (SSSR count). The maximum absolute atomic E-state index is 12.2. The fraction of sp³-hybridized carbons (Fsp3) is 0.214. The van der Waals surface area contributed by atoms with Crippen LogP contribution in [-0.2, 0) is 9.59 Å². The first-order valence-corrected chi connectivity index (χ1v) is 7.28. The summed E-state index contributed by atoms with van der Waals surface area (Å²) in [6.45, 7) is 0.438. The molecule has 1 aromatic heterocycles. The van der Waals surface area contributed by atoms with Gasteiger partial charge in [0.05, 0.1) is 17.7 Å². The Kier molecular flexibility index (Phi) is 3.85. The van der Waals surface area contributed by atoms with E-state index in [9.17, 15) is 9.59 Å². The quantitative estimate of drug-likeness (QED) is 0.756. The zero-order chi connectivity index (χ0) is 14.8. The largest absolute Gasteiger partial charge is 0.353 e. The number of anilines is 1. The number of rotatable bonds is 2. The second-order valence-corrected chi connectivity index (χ2v) is 5.67. The van der Waals surface area contributed by atoms with Crippen LogP contribution in [0.2, 0.25) is 0 Å². The predicted molar refractivity (Wildman–Crippen MR) is 82.9 cm³/mol. The Morgan fingerprint density at radius 1 is 1.43 bits per heavy atom. The summed E-state index contributed by atoms with van der Waals surface area (Å²) in [4.78, 5) is 27.6. The number of aromatic nitrogens is 1. The molecule has 0 saturated carbocycles. The number of amides is 2. The van der Waals surface area contributed by atoms with Crippen LogP contribution in [0.5, 0.6) is 0 Å². The van der Waals surface area contributed by atoms with Gasteiger partial charge in [-0.15, -0.1) is 0 Å². The van der Waals surface area contributed by atoms with Gasteiger partial charge in [0.15, 0.2) is 0 Å². The lowest BCUT2D eigenvalue weighted by atomic mass is 10.1. The molecule has 1 aromatic carbocycles. The average Bonchev–Trinajstić information content (AvgIpc) is 2.47. The number of nitrogens with one attached hydrogen (secondary N) is 3. The minimum Gasteiger partial charge on any atom is -0.353 e. The summed E-state index contributed by atoms with van der Waals surface area (Å²) < 4.78 is 0.884. The van der Waals surface area contributed by atoms with E-state index in [0.29, 0.717) is 5.69 Å². The second-order valence-electron chi connectivity index (χ2n) is 4.76. The topological polar surface area (TPSA) is 83.1 Å². The zero-order valence-electron chi connectivity index (χ0n) is 11.0. The smallest absolute Gasteiger partial charge is 0.243 e. The van der Waals surface area contributed by atoms with Crippen molar-refractivity contribution in [3.8, 4) is 0 Å². The van der Waals surface area contributed by atoms with Gasteiger partial charge in [-0.25, -0.2) is 0 Å². The number of benzene rings is 1.